The third kappa shape index (κ3) is 5.11. The van der Waals surface area contributed by atoms with Crippen LogP contribution in [0.15, 0.2) is 12.2 Å². The summed E-state index contributed by atoms with van der Waals surface area (Å²) in [4.78, 5) is 20.1. The SMILES string of the molecule is O=C(O)/C=C\C(=O)OCCl. The summed E-state index contributed by atoms with van der Waals surface area (Å²) < 4.78 is 4.17. The van der Waals surface area contributed by atoms with Crippen LogP contribution in [0, 0.1) is 0 Å². The van der Waals surface area contributed by atoms with Crippen LogP contribution in [0.25, 0.3) is 0 Å². The van der Waals surface area contributed by atoms with Crippen LogP contribution >= 0.6 is 11.6 Å². The lowest BCUT2D eigenvalue weighted by Gasteiger charge is -1.90. The van der Waals surface area contributed by atoms with Gasteiger partial charge < -0.3 is 9.84 Å². The van der Waals surface area contributed by atoms with Gasteiger partial charge in [0.2, 0.25) is 0 Å². The van der Waals surface area contributed by atoms with E-state index >= 15 is 0 Å². The minimum absolute atomic E-state index is 0.275. The molecule has 0 aliphatic carbocycles. The third-order valence-electron chi connectivity index (χ3n) is 0.559. The maximum absolute atomic E-state index is 10.3. The van der Waals surface area contributed by atoms with Gasteiger partial charge in [0.05, 0.1) is 0 Å². The first kappa shape index (κ1) is 8.97. The average molecular weight is 165 g/mol. The van der Waals surface area contributed by atoms with Crippen LogP contribution in [0.5, 0.6) is 0 Å². The van der Waals surface area contributed by atoms with Gasteiger partial charge in [-0.2, -0.15) is 0 Å². The van der Waals surface area contributed by atoms with Gasteiger partial charge in [0.15, 0.2) is 6.07 Å². The van der Waals surface area contributed by atoms with Crippen molar-refractivity contribution in [3.63, 3.8) is 0 Å². The van der Waals surface area contributed by atoms with Gasteiger partial charge in [-0.05, 0) is 0 Å². The van der Waals surface area contributed by atoms with Crippen molar-refractivity contribution >= 4 is 23.5 Å². The number of aliphatic carboxylic acids is 1. The smallest absolute Gasteiger partial charge is 0.332 e. The highest BCUT2D eigenvalue weighted by molar-refractivity contribution is 6.17. The quantitative estimate of drug-likeness (QED) is 0.372. The van der Waals surface area contributed by atoms with Gasteiger partial charge in [-0.25, -0.2) is 9.59 Å². The van der Waals surface area contributed by atoms with E-state index in [0.717, 1.165) is 6.08 Å². The molecule has 5 heteroatoms. The Morgan fingerprint density at radius 2 is 2.10 bits per heavy atom. The maximum atomic E-state index is 10.3. The van der Waals surface area contributed by atoms with Crippen LogP contribution in [0.1, 0.15) is 0 Å². The highest BCUT2D eigenvalue weighted by atomic mass is 35.5. The zero-order valence-electron chi connectivity index (χ0n) is 4.91. The Hall–Kier alpha value is -1.03. The lowest BCUT2D eigenvalue weighted by atomic mass is 10.5. The number of alkyl halides is 1. The minimum Gasteiger partial charge on any atom is -0.478 e. The van der Waals surface area contributed by atoms with Gasteiger partial charge in [0.25, 0.3) is 0 Å². The van der Waals surface area contributed by atoms with E-state index in [2.05, 4.69) is 4.74 Å². The molecule has 0 saturated heterocycles. The summed E-state index contributed by atoms with van der Waals surface area (Å²) in [6.07, 6.45) is 1.46. The summed E-state index contributed by atoms with van der Waals surface area (Å²) in [5.41, 5.74) is 0. The number of rotatable bonds is 3. The molecule has 0 radical (unpaired) electrons. The number of esters is 1. The number of hydrogen-bond acceptors (Lipinski definition) is 3. The highest BCUT2D eigenvalue weighted by Crippen LogP contribution is 1.83. The predicted molar refractivity (Wildman–Crippen MR) is 33.6 cm³/mol. The van der Waals surface area contributed by atoms with Gasteiger partial charge in [-0.1, -0.05) is 11.6 Å². The topological polar surface area (TPSA) is 63.6 Å². The minimum atomic E-state index is -1.20. The van der Waals surface area contributed by atoms with Crippen molar-refractivity contribution in [1.82, 2.24) is 0 Å². The average Bonchev–Trinajstić information content (AvgIpc) is 1.85. The van der Waals surface area contributed by atoms with E-state index in [1.807, 2.05) is 0 Å². The van der Waals surface area contributed by atoms with Crippen molar-refractivity contribution in [2.75, 3.05) is 6.07 Å². The van der Waals surface area contributed by atoms with E-state index in [0.29, 0.717) is 6.08 Å². The summed E-state index contributed by atoms with van der Waals surface area (Å²) >= 11 is 4.99. The molecule has 0 aliphatic rings. The molecule has 0 aromatic carbocycles. The molecule has 0 aromatic rings. The molecule has 1 N–H and O–H groups in total. The van der Waals surface area contributed by atoms with Crippen molar-refractivity contribution in [2.24, 2.45) is 0 Å². The molecular formula is C5H5ClO4. The molecule has 0 unspecified atom stereocenters. The van der Waals surface area contributed by atoms with Gasteiger partial charge in [-0.3, -0.25) is 0 Å². The molecule has 0 amide bonds. The zero-order valence-corrected chi connectivity index (χ0v) is 5.67. The molecule has 0 heterocycles. The molecule has 0 fully saturated rings. The molecule has 0 spiro atoms. The molecule has 0 saturated carbocycles. The van der Waals surface area contributed by atoms with Crippen LogP contribution in [0.4, 0.5) is 0 Å². The fraction of sp³-hybridized carbons (Fsp3) is 0.200. The van der Waals surface area contributed by atoms with Gasteiger partial charge in [0.1, 0.15) is 0 Å². The van der Waals surface area contributed by atoms with Crippen molar-refractivity contribution in [2.45, 2.75) is 0 Å². The second-order valence-corrected chi connectivity index (χ2v) is 1.46. The first-order valence-corrected chi connectivity index (χ1v) is 2.84. The van der Waals surface area contributed by atoms with Gasteiger partial charge in [0, 0.05) is 12.2 Å². The standard InChI is InChI=1S/C5H5ClO4/c6-3-10-5(9)2-1-4(7)8/h1-2H,3H2,(H,7,8)/b2-1-. The maximum Gasteiger partial charge on any atom is 0.332 e. The number of carbonyl (C=O) groups is 2. The van der Waals surface area contributed by atoms with E-state index in [1.54, 1.807) is 0 Å². The van der Waals surface area contributed by atoms with Gasteiger partial charge >= 0.3 is 11.9 Å². The monoisotopic (exact) mass is 164 g/mol. The van der Waals surface area contributed by atoms with E-state index in [-0.39, 0.29) is 6.07 Å². The van der Waals surface area contributed by atoms with E-state index in [9.17, 15) is 9.59 Å². The number of carbonyl (C=O) groups excluding carboxylic acids is 1. The van der Waals surface area contributed by atoms with Crippen molar-refractivity contribution in [3.05, 3.63) is 12.2 Å². The molecule has 0 aromatic heterocycles. The Morgan fingerprint density at radius 3 is 2.50 bits per heavy atom. The van der Waals surface area contributed by atoms with Gasteiger partial charge in [-0.15, -0.1) is 0 Å². The fourth-order valence-corrected chi connectivity index (χ4v) is 0.349. The molecule has 0 atom stereocenters. The Bertz CT molecular complexity index is 163. The molecule has 0 aliphatic heterocycles. The summed E-state index contributed by atoms with van der Waals surface area (Å²) in [7, 11) is 0. The molecule has 56 valence electrons. The Labute approximate surface area is 62.0 Å². The van der Waals surface area contributed by atoms with Crippen molar-refractivity contribution in [1.29, 1.82) is 0 Å². The lowest BCUT2D eigenvalue weighted by molar-refractivity contribution is -0.137. The van der Waals surface area contributed by atoms with Crippen LogP contribution in [0.2, 0.25) is 0 Å². The van der Waals surface area contributed by atoms with Crippen molar-refractivity contribution in [3.8, 4) is 0 Å². The first-order valence-electron chi connectivity index (χ1n) is 2.30. The number of halogens is 1. The molecule has 4 nitrogen and oxygen atoms in total. The summed E-state index contributed by atoms with van der Waals surface area (Å²) in [6, 6.07) is -0.275. The molecule has 0 bridgehead atoms. The van der Waals surface area contributed by atoms with Crippen LogP contribution in [0.3, 0.4) is 0 Å². The Balaban J connectivity index is 3.67. The van der Waals surface area contributed by atoms with Crippen LogP contribution < -0.4 is 0 Å². The fourth-order valence-electron chi connectivity index (χ4n) is 0.241. The molecular weight excluding hydrogens is 160 g/mol. The molecule has 10 heavy (non-hydrogen) atoms. The second-order valence-electron chi connectivity index (χ2n) is 1.24. The zero-order chi connectivity index (χ0) is 7.98. The van der Waals surface area contributed by atoms with E-state index < -0.39 is 11.9 Å². The largest absolute Gasteiger partial charge is 0.478 e. The van der Waals surface area contributed by atoms with Crippen LogP contribution in [-0.2, 0) is 14.3 Å². The summed E-state index contributed by atoms with van der Waals surface area (Å²) in [6.45, 7) is 0. The number of ether oxygens (including phenoxy) is 1. The van der Waals surface area contributed by atoms with Crippen molar-refractivity contribution < 1.29 is 19.4 Å². The van der Waals surface area contributed by atoms with E-state index in [1.165, 1.54) is 0 Å². The second kappa shape index (κ2) is 4.81. The lowest BCUT2D eigenvalue weighted by Crippen LogP contribution is -1.99. The third-order valence-corrected chi connectivity index (χ3v) is 0.668. The molecule has 0 rings (SSSR count). The summed E-state index contributed by atoms with van der Waals surface area (Å²) in [5, 5.41) is 8.00. The predicted octanol–water partition coefficient (Wildman–Crippen LogP) is 0.367. The van der Waals surface area contributed by atoms with Crippen LogP contribution in [-0.4, -0.2) is 23.1 Å². The number of carboxylic acids is 1. The Morgan fingerprint density at radius 1 is 1.50 bits per heavy atom. The highest BCUT2D eigenvalue weighted by Gasteiger charge is 1.94. The Kier molecular flexibility index (Phi) is 4.32. The first-order chi connectivity index (χ1) is 4.66. The normalized spacial score (nSPS) is 9.70. The summed E-state index contributed by atoms with van der Waals surface area (Å²) in [5.74, 6) is -1.97. The number of hydrogen-bond donors (Lipinski definition) is 1. The number of carboxylic acid groups (broad SMARTS) is 1. The van der Waals surface area contributed by atoms with E-state index in [4.69, 9.17) is 16.7 Å².